The molecule has 118 valence electrons. The van der Waals surface area contributed by atoms with Crippen molar-refractivity contribution in [2.24, 2.45) is 0 Å². The number of methoxy groups -OCH3 is 1. The first-order chi connectivity index (χ1) is 10.0. The first-order valence-corrected chi connectivity index (χ1v) is 7.86. The van der Waals surface area contributed by atoms with E-state index in [0.717, 1.165) is 24.9 Å². The first kappa shape index (κ1) is 17.9. The second kappa shape index (κ2) is 8.96. The van der Waals surface area contributed by atoms with Crippen LogP contribution in [-0.2, 0) is 4.74 Å². The molecule has 0 spiro atoms. The Hall–Kier alpha value is -1.19. The topological polar surface area (TPSA) is 29.5 Å². The number of nitrogens with zero attached hydrogens (tertiary/aromatic N) is 1. The van der Waals surface area contributed by atoms with E-state index in [1.54, 1.807) is 7.11 Å². The number of hydrogen-bond acceptors (Lipinski definition) is 3. The van der Waals surface area contributed by atoms with Crippen molar-refractivity contribution in [1.82, 2.24) is 4.90 Å². The molecule has 0 amide bonds. The number of carbonyl (C=O) groups excluding carboxylic acids is 1. The van der Waals surface area contributed by atoms with Crippen LogP contribution in [0.4, 0.5) is 0 Å². The minimum atomic E-state index is 0.195. The van der Waals surface area contributed by atoms with Crippen molar-refractivity contribution in [1.29, 1.82) is 0 Å². The molecule has 3 nitrogen and oxygen atoms in total. The van der Waals surface area contributed by atoms with E-state index in [1.807, 2.05) is 18.2 Å². The van der Waals surface area contributed by atoms with E-state index in [4.69, 9.17) is 4.74 Å². The van der Waals surface area contributed by atoms with Crippen molar-refractivity contribution < 1.29 is 9.53 Å². The summed E-state index contributed by atoms with van der Waals surface area (Å²) in [7, 11) is 1.70. The van der Waals surface area contributed by atoms with Gasteiger partial charge < -0.3 is 4.74 Å². The van der Waals surface area contributed by atoms with Crippen LogP contribution < -0.4 is 0 Å². The van der Waals surface area contributed by atoms with Crippen molar-refractivity contribution in [2.75, 3.05) is 26.8 Å². The van der Waals surface area contributed by atoms with E-state index in [9.17, 15) is 4.79 Å². The van der Waals surface area contributed by atoms with Gasteiger partial charge >= 0.3 is 0 Å². The summed E-state index contributed by atoms with van der Waals surface area (Å²) < 4.78 is 5.18. The minimum absolute atomic E-state index is 0.195. The molecule has 1 aromatic rings. The van der Waals surface area contributed by atoms with Gasteiger partial charge in [0.2, 0.25) is 0 Å². The van der Waals surface area contributed by atoms with Crippen LogP contribution in [0.5, 0.6) is 0 Å². The molecule has 1 rings (SSSR count). The summed E-state index contributed by atoms with van der Waals surface area (Å²) in [5.41, 5.74) is 3.21. The van der Waals surface area contributed by atoms with Crippen LogP contribution in [0.2, 0.25) is 0 Å². The summed E-state index contributed by atoms with van der Waals surface area (Å²) in [4.78, 5) is 14.8. The fourth-order valence-electron chi connectivity index (χ4n) is 2.59. The lowest BCUT2D eigenvalue weighted by molar-refractivity contribution is 0.0811. The van der Waals surface area contributed by atoms with Gasteiger partial charge in [0, 0.05) is 25.3 Å². The Balaban J connectivity index is 2.80. The second-order valence-electron chi connectivity index (χ2n) is 5.66. The molecule has 0 fully saturated rings. The molecule has 3 heteroatoms. The third-order valence-electron chi connectivity index (χ3n) is 4.22. The number of hydrogen-bond donors (Lipinski definition) is 0. The van der Waals surface area contributed by atoms with Crippen molar-refractivity contribution in [3.8, 4) is 0 Å². The monoisotopic (exact) mass is 291 g/mol. The van der Waals surface area contributed by atoms with Gasteiger partial charge in [0.1, 0.15) is 0 Å². The number of benzene rings is 1. The van der Waals surface area contributed by atoms with Gasteiger partial charge in [-0.05, 0) is 43.9 Å². The predicted molar refractivity (Wildman–Crippen MR) is 88.1 cm³/mol. The van der Waals surface area contributed by atoms with Crippen LogP contribution in [0.3, 0.4) is 0 Å². The van der Waals surface area contributed by atoms with Gasteiger partial charge in [0.15, 0.2) is 5.78 Å². The Bertz CT molecular complexity index is 453. The zero-order valence-corrected chi connectivity index (χ0v) is 14.1. The molecule has 0 N–H and O–H groups in total. The Morgan fingerprint density at radius 1 is 1.19 bits per heavy atom. The lowest BCUT2D eigenvalue weighted by atomic mass is 10.0. The molecule has 1 aromatic carbocycles. The Morgan fingerprint density at radius 2 is 1.86 bits per heavy atom. The van der Waals surface area contributed by atoms with E-state index < -0.39 is 0 Å². The molecule has 0 unspecified atom stereocenters. The standard InChI is InChI=1S/C18H29NO2/c1-6-17(7-2)19(10-11-21-5)13-18(20)16-9-8-14(3)15(4)12-16/h8-9,12,17H,6-7,10-11,13H2,1-5H3. The molecule has 0 radical (unpaired) electrons. The van der Waals surface area contributed by atoms with Gasteiger partial charge in [-0.1, -0.05) is 26.0 Å². The van der Waals surface area contributed by atoms with Crippen molar-refractivity contribution >= 4 is 5.78 Å². The summed E-state index contributed by atoms with van der Waals surface area (Å²) in [6.45, 7) is 10.4. The Morgan fingerprint density at radius 3 is 2.38 bits per heavy atom. The van der Waals surface area contributed by atoms with Gasteiger partial charge in [-0.2, -0.15) is 0 Å². The summed E-state index contributed by atoms with van der Waals surface area (Å²) in [6, 6.07) is 6.40. The SMILES string of the molecule is CCC(CC)N(CCOC)CC(=O)c1ccc(C)c(C)c1. The molecule has 0 aliphatic rings. The maximum atomic E-state index is 12.5. The molecule has 0 heterocycles. The normalized spacial score (nSPS) is 11.4. The van der Waals surface area contributed by atoms with Crippen LogP contribution in [-0.4, -0.2) is 43.5 Å². The Labute approximate surface area is 129 Å². The Kier molecular flexibility index (Phi) is 7.62. The van der Waals surface area contributed by atoms with Crippen molar-refractivity contribution in [3.63, 3.8) is 0 Å². The molecule has 0 atom stereocenters. The summed E-state index contributed by atoms with van der Waals surface area (Å²) >= 11 is 0. The van der Waals surface area contributed by atoms with Gasteiger partial charge in [-0.15, -0.1) is 0 Å². The maximum Gasteiger partial charge on any atom is 0.176 e. The van der Waals surface area contributed by atoms with Crippen molar-refractivity contribution in [3.05, 3.63) is 34.9 Å². The highest BCUT2D eigenvalue weighted by Crippen LogP contribution is 2.13. The van der Waals surface area contributed by atoms with E-state index >= 15 is 0 Å². The zero-order valence-electron chi connectivity index (χ0n) is 14.1. The molecule has 0 bridgehead atoms. The van der Waals surface area contributed by atoms with E-state index in [0.29, 0.717) is 19.2 Å². The third kappa shape index (κ3) is 5.25. The highest BCUT2D eigenvalue weighted by molar-refractivity contribution is 5.97. The third-order valence-corrected chi connectivity index (χ3v) is 4.22. The van der Waals surface area contributed by atoms with Crippen LogP contribution >= 0.6 is 0 Å². The molecular formula is C18H29NO2. The molecular weight excluding hydrogens is 262 g/mol. The predicted octanol–water partition coefficient (Wildman–Crippen LogP) is 3.62. The number of rotatable bonds is 9. The van der Waals surface area contributed by atoms with E-state index in [1.165, 1.54) is 11.1 Å². The van der Waals surface area contributed by atoms with Gasteiger partial charge in [-0.3, -0.25) is 9.69 Å². The van der Waals surface area contributed by atoms with Crippen LogP contribution in [0.1, 0.15) is 48.2 Å². The van der Waals surface area contributed by atoms with Crippen LogP contribution in [0.15, 0.2) is 18.2 Å². The highest BCUT2D eigenvalue weighted by Gasteiger charge is 2.19. The van der Waals surface area contributed by atoms with E-state index in [-0.39, 0.29) is 5.78 Å². The number of Topliss-reactive ketones (excluding diaryl/α,β-unsaturated/α-hetero) is 1. The fraction of sp³-hybridized carbons (Fsp3) is 0.611. The van der Waals surface area contributed by atoms with Crippen molar-refractivity contribution in [2.45, 2.75) is 46.6 Å². The lowest BCUT2D eigenvalue weighted by Gasteiger charge is -2.29. The number of ether oxygens (including phenoxy) is 1. The van der Waals surface area contributed by atoms with Crippen LogP contribution in [0, 0.1) is 13.8 Å². The molecule has 21 heavy (non-hydrogen) atoms. The summed E-state index contributed by atoms with van der Waals surface area (Å²) in [6.07, 6.45) is 2.11. The smallest absolute Gasteiger partial charge is 0.176 e. The molecule has 0 saturated heterocycles. The summed E-state index contributed by atoms with van der Waals surface area (Å²) in [5.74, 6) is 0.195. The maximum absolute atomic E-state index is 12.5. The molecule has 0 aliphatic heterocycles. The van der Waals surface area contributed by atoms with Gasteiger partial charge in [0.25, 0.3) is 0 Å². The fourth-order valence-corrected chi connectivity index (χ4v) is 2.59. The number of ketones is 1. The lowest BCUT2D eigenvalue weighted by Crippen LogP contribution is -2.40. The van der Waals surface area contributed by atoms with E-state index in [2.05, 4.69) is 32.6 Å². The largest absolute Gasteiger partial charge is 0.383 e. The van der Waals surface area contributed by atoms with Crippen LogP contribution in [0.25, 0.3) is 0 Å². The average Bonchev–Trinajstić information content (AvgIpc) is 2.48. The quantitative estimate of drug-likeness (QED) is 0.651. The van der Waals surface area contributed by atoms with Gasteiger partial charge in [0.05, 0.1) is 13.2 Å². The number of carbonyl (C=O) groups is 1. The second-order valence-corrected chi connectivity index (χ2v) is 5.66. The minimum Gasteiger partial charge on any atom is -0.383 e. The summed E-state index contributed by atoms with van der Waals surface area (Å²) in [5, 5.41) is 0. The molecule has 0 saturated carbocycles. The van der Waals surface area contributed by atoms with Gasteiger partial charge in [-0.25, -0.2) is 0 Å². The highest BCUT2D eigenvalue weighted by atomic mass is 16.5. The molecule has 0 aliphatic carbocycles. The molecule has 0 aromatic heterocycles. The average molecular weight is 291 g/mol. The number of aryl methyl sites for hydroxylation is 2. The first-order valence-electron chi connectivity index (χ1n) is 7.86. The zero-order chi connectivity index (χ0) is 15.8.